The summed E-state index contributed by atoms with van der Waals surface area (Å²) < 4.78 is 0. The number of nitrogens with two attached hydrogens (primary N) is 1. The largest absolute Gasteiger partial charge is 0.384 e. The van der Waals surface area contributed by atoms with Crippen LogP contribution in [0.3, 0.4) is 0 Å². The molecule has 20 heavy (non-hydrogen) atoms. The Labute approximate surface area is 120 Å². The van der Waals surface area contributed by atoms with E-state index in [1.54, 1.807) is 6.20 Å². The molecule has 0 aliphatic carbocycles. The van der Waals surface area contributed by atoms with Crippen LogP contribution >= 0.6 is 0 Å². The zero-order valence-electron chi connectivity index (χ0n) is 12.1. The Morgan fingerprint density at radius 2 is 2.10 bits per heavy atom. The number of rotatable bonds is 6. The zero-order chi connectivity index (χ0) is 14.4. The van der Waals surface area contributed by atoms with Gasteiger partial charge in [-0.2, -0.15) is 0 Å². The lowest BCUT2D eigenvalue weighted by Crippen LogP contribution is -2.25. The van der Waals surface area contributed by atoms with Crippen LogP contribution in [-0.2, 0) is 6.42 Å². The van der Waals surface area contributed by atoms with Crippen LogP contribution in [0.25, 0.3) is 0 Å². The van der Waals surface area contributed by atoms with E-state index in [4.69, 9.17) is 5.73 Å². The van der Waals surface area contributed by atoms with Crippen molar-refractivity contribution in [3.05, 3.63) is 53.5 Å². The fourth-order valence-corrected chi connectivity index (χ4v) is 2.30. The SMILES string of the molecule is CCCNC(Cc1ccnc(N)c1)c1ncccc1C. The number of aryl methyl sites for hydroxylation is 1. The van der Waals surface area contributed by atoms with E-state index in [1.807, 2.05) is 24.4 Å². The van der Waals surface area contributed by atoms with Crippen LogP contribution < -0.4 is 11.1 Å². The van der Waals surface area contributed by atoms with Crippen molar-refractivity contribution in [2.24, 2.45) is 0 Å². The van der Waals surface area contributed by atoms with Crippen molar-refractivity contribution in [1.29, 1.82) is 0 Å². The summed E-state index contributed by atoms with van der Waals surface area (Å²) in [5.41, 5.74) is 9.25. The van der Waals surface area contributed by atoms with E-state index in [2.05, 4.69) is 35.2 Å². The van der Waals surface area contributed by atoms with Gasteiger partial charge in [0, 0.05) is 12.4 Å². The smallest absolute Gasteiger partial charge is 0.123 e. The monoisotopic (exact) mass is 270 g/mol. The van der Waals surface area contributed by atoms with Crippen LogP contribution in [0.15, 0.2) is 36.7 Å². The van der Waals surface area contributed by atoms with Gasteiger partial charge in [-0.25, -0.2) is 4.98 Å². The first-order valence-corrected chi connectivity index (χ1v) is 7.06. The van der Waals surface area contributed by atoms with E-state index in [0.29, 0.717) is 5.82 Å². The highest BCUT2D eigenvalue weighted by Crippen LogP contribution is 2.20. The Morgan fingerprint density at radius 3 is 2.80 bits per heavy atom. The van der Waals surface area contributed by atoms with Crippen LogP contribution in [0.2, 0.25) is 0 Å². The van der Waals surface area contributed by atoms with Crippen LogP contribution in [0.1, 0.15) is 36.2 Å². The molecule has 2 aromatic rings. The number of aromatic nitrogens is 2. The number of nitrogen functional groups attached to an aromatic ring is 1. The number of nitrogens with one attached hydrogen (secondary N) is 1. The molecule has 4 nitrogen and oxygen atoms in total. The molecule has 0 spiro atoms. The fourth-order valence-electron chi connectivity index (χ4n) is 2.30. The van der Waals surface area contributed by atoms with Gasteiger partial charge in [0.1, 0.15) is 5.82 Å². The van der Waals surface area contributed by atoms with Crippen molar-refractivity contribution in [2.75, 3.05) is 12.3 Å². The van der Waals surface area contributed by atoms with Crippen molar-refractivity contribution in [1.82, 2.24) is 15.3 Å². The molecule has 3 N–H and O–H groups in total. The van der Waals surface area contributed by atoms with Crippen molar-refractivity contribution < 1.29 is 0 Å². The summed E-state index contributed by atoms with van der Waals surface area (Å²) in [5.74, 6) is 0.564. The van der Waals surface area contributed by atoms with Gasteiger partial charge in [0.25, 0.3) is 0 Å². The molecule has 0 bridgehead atoms. The summed E-state index contributed by atoms with van der Waals surface area (Å²) in [4.78, 5) is 8.58. The van der Waals surface area contributed by atoms with Gasteiger partial charge in [0.05, 0.1) is 11.7 Å². The fraction of sp³-hybridized carbons (Fsp3) is 0.375. The molecule has 0 amide bonds. The summed E-state index contributed by atoms with van der Waals surface area (Å²) in [6.07, 6.45) is 5.57. The summed E-state index contributed by atoms with van der Waals surface area (Å²) >= 11 is 0. The molecule has 2 heterocycles. The molecule has 0 aliphatic heterocycles. The lowest BCUT2D eigenvalue weighted by molar-refractivity contribution is 0.515. The third kappa shape index (κ3) is 3.78. The van der Waals surface area contributed by atoms with Crippen molar-refractivity contribution in [3.63, 3.8) is 0 Å². The van der Waals surface area contributed by atoms with E-state index >= 15 is 0 Å². The minimum absolute atomic E-state index is 0.206. The standard InChI is InChI=1S/C16H22N4/c1-3-7-18-14(16-12(2)5-4-8-20-16)10-13-6-9-19-15(17)11-13/h4-6,8-9,11,14,18H,3,7,10H2,1-2H3,(H2,17,19). The van der Waals surface area contributed by atoms with Gasteiger partial charge in [-0.1, -0.05) is 13.0 Å². The van der Waals surface area contributed by atoms with Gasteiger partial charge in [-0.05, 0) is 55.6 Å². The lowest BCUT2D eigenvalue weighted by Gasteiger charge is -2.20. The number of anilines is 1. The molecule has 2 aromatic heterocycles. The van der Waals surface area contributed by atoms with Gasteiger partial charge in [-0.3, -0.25) is 4.98 Å². The Balaban J connectivity index is 2.22. The third-order valence-corrected chi connectivity index (χ3v) is 3.31. The second-order valence-corrected chi connectivity index (χ2v) is 5.01. The molecule has 0 fully saturated rings. The molecular formula is C16H22N4. The average Bonchev–Trinajstić information content (AvgIpc) is 2.44. The molecule has 2 rings (SSSR count). The molecule has 0 aliphatic rings. The minimum atomic E-state index is 0.206. The first kappa shape index (κ1) is 14.5. The topological polar surface area (TPSA) is 63.8 Å². The molecule has 0 radical (unpaired) electrons. The summed E-state index contributed by atoms with van der Waals surface area (Å²) in [5, 5.41) is 3.57. The molecule has 0 saturated heterocycles. The molecular weight excluding hydrogens is 248 g/mol. The Hall–Kier alpha value is -1.94. The van der Waals surface area contributed by atoms with Crippen molar-refractivity contribution >= 4 is 5.82 Å². The number of nitrogens with zero attached hydrogens (tertiary/aromatic N) is 2. The van der Waals surface area contributed by atoms with E-state index in [-0.39, 0.29) is 6.04 Å². The van der Waals surface area contributed by atoms with E-state index in [0.717, 1.165) is 25.1 Å². The Kier molecular flexibility index (Phi) is 5.07. The molecule has 0 aromatic carbocycles. The third-order valence-electron chi connectivity index (χ3n) is 3.31. The number of pyridine rings is 2. The second-order valence-electron chi connectivity index (χ2n) is 5.01. The number of hydrogen-bond donors (Lipinski definition) is 2. The molecule has 0 saturated carbocycles. The second kappa shape index (κ2) is 7.01. The quantitative estimate of drug-likeness (QED) is 0.847. The molecule has 4 heteroatoms. The number of hydrogen-bond acceptors (Lipinski definition) is 4. The van der Waals surface area contributed by atoms with Crippen LogP contribution in [0.4, 0.5) is 5.82 Å². The maximum Gasteiger partial charge on any atom is 0.123 e. The van der Waals surface area contributed by atoms with Crippen molar-refractivity contribution in [2.45, 2.75) is 32.7 Å². The predicted molar refractivity (Wildman–Crippen MR) is 82.4 cm³/mol. The van der Waals surface area contributed by atoms with Gasteiger partial charge in [0.15, 0.2) is 0 Å². The first-order valence-electron chi connectivity index (χ1n) is 7.06. The molecule has 1 atom stereocenters. The van der Waals surface area contributed by atoms with Crippen LogP contribution in [0.5, 0.6) is 0 Å². The van der Waals surface area contributed by atoms with Gasteiger partial charge < -0.3 is 11.1 Å². The van der Waals surface area contributed by atoms with Crippen molar-refractivity contribution in [3.8, 4) is 0 Å². The van der Waals surface area contributed by atoms with E-state index in [9.17, 15) is 0 Å². The Bertz CT molecular complexity index is 554. The van der Waals surface area contributed by atoms with Gasteiger partial charge in [0.2, 0.25) is 0 Å². The molecule has 106 valence electrons. The van der Waals surface area contributed by atoms with E-state index < -0.39 is 0 Å². The maximum absolute atomic E-state index is 5.76. The summed E-state index contributed by atoms with van der Waals surface area (Å²) in [6.45, 7) is 5.24. The summed E-state index contributed by atoms with van der Waals surface area (Å²) in [6, 6.07) is 8.22. The minimum Gasteiger partial charge on any atom is -0.384 e. The van der Waals surface area contributed by atoms with Crippen LogP contribution in [0, 0.1) is 6.92 Å². The Morgan fingerprint density at radius 1 is 1.25 bits per heavy atom. The van der Waals surface area contributed by atoms with Crippen LogP contribution in [-0.4, -0.2) is 16.5 Å². The average molecular weight is 270 g/mol. The highest BCUT2D eigenvalue weighted by atomic mass is 14.9. The highest BCUT2D eigenvalue weighted by molar-refractivity contribution is 5.33. The highest BCUT2D eigenvalue weighted by Gasteiger charge is 2.15. The zero-order valence-corrected chi connectivity index (χ0v) is 12.1. The van der Waals surface area contributed by atoms with Gasteiger partial charge in [-0.15, -0.1) is 0 Å². The lowest BCUT2D eigenvalue weighted by atomic mass is 10.0. The summed E-state index contributed by atoms with van der Waals surface area (Å²) in [7, 11) is 0. The first-order chi connectivity index (χ1) is 9.70. The molecule has 1 unspecified atom stereocenters. The predicted octanol–water partition coefficient (Wildman–Crippen LogP) is 2.65. The normalized spacial score (nSPS) is 12.3. The van der Waals surface area contributed by atoms with Gasteiger partial charge >= 0.3 is 0 Å². The van der Waals surface area contributed by atoms with E-state index in [1.165, 1.54) is 11.1 Å². The maximum atomic E-state index is 5.76.